The van der Waals surface area contributed by atoms with Gasteiger partial charge in [-0.2, -0.15) is 0 Å². The summed E-state index contributed by atoms with van der Waals surface area (Å²) in [5.74, 6) is 1.26. The van der Waals surface area contributed by atoms with Crippen LogP contribution in [0.1, 0.15) is 64.2 Å². The van der Waals surface area contributed by atoms with Crippen LogP contribution in [-0.4, -0.2) is 47.8 Å². The molecule has 0 aromatic carbocycles. The second kappa shape index (κ2) is 7.71. The van der Waals surface area contributed by atoms with Gasteiger partial charge in [0, 0.05) is 32.6 Å². The number of piperidine rings is 1. The van der Waals surface area contributed by atoms with Crippen LogP contribution in [0.3, 0.4) is 0 Å². The molecule has 3 rings (SSSR count). The lowest BCUT2D eigenvalue weighted by molar-refractivity contribution is -0.146. The first-order valence-corrected chi connectivity index (χ1v) is 9.83. The molecule has 3 fully saturated rings. The summed E-state index contributed by atoms with van der Waals surface area (Å²) in [6.45, 7) is 6.84. The molecule has 4 heteroatoms. The third kappa shape index (κ3) is 3.68. The normalized spacial score (nSPS) is 28.6. The standard InChI is InChI=1S/C20H32N2O2/c1-2-7-18(23)22-15-12-20(16-22)11-6-13-21(19(20)24)14-10-17-8-4-3-5-9-17/h2,17H,1,3-16H2. The number of rotatable bonds is 5. The van der Waals surface area contributed by atoms with Crippen LogP contribution >= 0.6 is 0 Å². The van der Waals surface area contributed by atoms with Crippen molar-refractivity contribution in [3.05, 3.63) is 12.7 Å². The summed E-state index contributed by atoms with van der Waals surface area (Å²) in [5, 5.41) is 0. The summed E-state index contributed by atoms with van der Waals surface area (Å²) in [6.07, 6.45) is 12.9. The molecule has 4 nitrogen and oxygen atoms in total. The molecule has 2 amide bonds. The topological polar surface area (TPSA) is 40.6 Å². The Hall–Kier alpha value is -1.32. The van der Waals surface area contributed by atoms with Gasteiger partial charge in [-0.3, -0.25) is 9.59 Å². The Morgan fingerprint density at radius 1 is 1.17 bits per heavy atom. The van der Waals surface area contributed by atoms with E-state index in [0.717, 1.165) is 44.8 Å². The first-order chi connectivity index (χ1) is 11.6. The van der Waals surface area contributed by atoms with Gasteiger partial charge in [-0.05, 0) is 31.6 Å². The highest BCUT2D eigenvalue weighted by Gasteiger charge is 2.49. The molecule has 24 heavy (non-hydrogen) atoms. The maximum absolute atomic E-state index is 13.1. The monoisotopic (exact) mass is 332 g/mol. The zero-order valence-corrected chi connectivity index (χ0v) is 15.0. The van der Waals surface area contributed by atoms with E-state index in [1.807, 2.05) is 4.90 Å². The average molecular weight is 332 g/mol. The molecule has 0 N–H and O–H groups in total. The molecule has 0 aromatic heterocycles. The van der Waals surface area contributed by atoms with Crippen LogP contribution in [0.25, 0.3) is 0 Å². The summed E-state index contributed by atoms with van der Waals surface area (Å²) in [7, 11) is 0. The van der Waals surface area contributed by atoms with E-state index in [2.05, 4.69) is 11.5 Å². The van der Waals surface area contributed by atoms with Crippen molar-refractivity contribution in [2.45, 2.75) is 64.2 Å². The van der Waals surface area contributed by atoms with Crippen LogP contribution in [0.15, 0.2) is 12.7 Å². The minimum absolute atomic E-state index is 0.119. The van der Waals surface area contributed by atoms with Crippen LogP contribution in [0, 0.1) is 11.3 Å². The van der Waals surface area contributed by atoms with E-state index >= 15 is 0 Å². The van der Waals surface area contributed by atoms with Gasteiger partial charge < -0.3 is 9.80 Å². The molecule has 0 aromatic rings. The Kier molecular flexibility index (Phi) is 5.62. The fraction of sp³-hybridized carbons (Fsp3) is 0.800. The zero-order valence-electron chi connectivity index (χ0n) is 15.0. The average Bonchev–Trinajstić information content (AvgIpc) is 3.03. The molecular weight excluding hydrogens is 300 g/mol. The lowest BCUT2D eigenvalue weighted by Crippen LogP contribution is -2.50. The van der Waals surface area contributed by atoms with Gasteiger partial charge in [-0.25, -0.2) is 0 Å². The highest BCUT2D eigenvalue weighted by Crippen LogP contribution is 2.40. The second-order valence-electron chi connectivity index (χ2n) is 8.03. The molecule has 2 aliphatic heterocycles. The molecule has 2 saturated heterocycles. The molecule has 1 atom stereocenters. The van der Waals surface area contributed by atoms with Crippen LogP contribution in [-0.2, 0) is 9.59 Å². The van der Waals surface area contributed by atoms with Crippen molar-refractivity contribution < 1.29 is 9.59 Å². The Labute approximate surface area is 146 Å². The summed E-state index contributed by atoms with van der Waals surface area (Å²) in [4.78, 5) is 29.2. The van der Waals surface area contributed by atoms with E-state index in [1.165, 1.54) is 38.5 Å². The Morgan fingerprint density at radius 2 is 1.96 bits per heavy atom. The van der Waals surface area contributed by atoms with Gasteiger partial charge in [0.25, 0.3) is 0 Å². The van der Waals surface area contributed by atoms with E-state index in [0.29, 0.717) is 18.9 Å². The smallest absolute Gasteiger partial charge is 0.230 e. The van der Waals surface area contributed by atoms with Crippen molar-refractivity contribution in [1.29, 1.82) is 0 Å². The fourth-order valence-corrected chi connectivity index (χ4v) is 4.90. The molecule has 2 heterocycles. The lowest BCUT2D eigenvalue weighted by Gasteiger charge is -2.40. The number of hydrogen-bond acceptors (Lipinski definition) is 2. The molecule has 1 saturated carbocycles. The summed E-state index contributed by atoms with van der Waals surface area (Å²) in [5.41, 5.74) is -0.290. The van der Waals surface area contributed by atoms with Crippen molar-refractivity contribution in [3.8, 4) is 0 Å². The quantitative estimate of drug-likeness (QED) is 0.724. The van der Waals surface area contributed by atoms with Crippen molar-refractivity contribution >= 4 is 11.8 Å². The molecule has 0 bridgehead atoms. The molecule has 1 spiro atoms. The predicted octanol–water partition coefficient (Wildman–Crippen LogP) is 3.37. The van der Waals surface area contributed by atoms with E-state index in [9.17, 15) is 9.59 Å². The van der Waals surface area contributed by atoms with E-state index in [4.69, 9.17) is 0 Å². The SMILES string of the molecule is C=CCC(=O)N1CCC2(CCCN(CCC3CCCCC3)C2=O)C1. The zero-order chi connectivity index (χ0) is 17.0. The first kappa shape index (κ1) is 17.5. The maximum atomic E-state index is 13.1. The van der Waals surface area contributed by atoms with E-state index in [-0.39, 0.29) is 11.3 Å². The van der Waals surface area contributed by atoms with Crippen molar-refractivity contribution in [1.82, 2.24) is 9.80 Å². The van der Waals surface area contributed by atoms with E-state index in [1.54, 1.807) is 6.08 Å². The minimum Gasteiger partial charge on any atom is -0.342 e. The molecular formula is C20H32N2O2. The summed E-state index contributed by atoms with van der Waals surface area (Å²) >= 11 is 0. The van der Waals surface area contributed by atoms with Crippen LogP contribution in [0.5, 0.6) is 0 Å². The summed E-state index contributed by atoms with van der Waals surface area (Å²) in [6, 6.07) is 0. The van der Waals surface area contributed by atoms with Gasteiger partial charge in [0.1, 0.15) is 0 Å². The molecule has 3 aliphatic rings. The van der Waals surface area contributed by atoms with Crippen LogP contribution in [0.4, 0.5) is 0 Å². The number of carbonyl (C=O) groups excluding carboxylic acids is 2. The van der Waals surface area contributed by atoms with Crippen LogP contribution in [0.2, 0.25) is 0 Å². The van der Waals surface area contributed by atoms with Crippen molar-refractivity contribution in [2.75, 3.05) is 26.2 Å². The fourth-order valence-electron chi connectivity index (χ4n) is 4.90. The number of carbonyl (C=O) groups is 2. The number of amides is 2. The second-order valence-corrected chi connectivity index (χ2v) is 8.03. The van der Waals surface area contributed by atoms with Crippen LogP contribution < -0.4 is 0 Å². The Morgan fingerprint density at radius 3 is 2.71 bits per heavy atom. The summed E-state index contributed by atoms with van der Waals surface area (Å²) < 4.78 is 0. The molecule has 0 radical (unpaired) electrons. The van der Waals surface area contributed by atoms with Gasteiger partial charge in [0.05, 0.1) is 5.41 Å². The minimum atomic E-state index is -0.290. The van der Waals surface area contributed by atoms with E-state index < -0.39 is 0 Å². The Bertz CT molecular complexity index is 484. The molecule has 134 valence electrons. The number of likely N-dealkylation sites (tertiary alicyclic amines) is 2. The van der Waals surface area contributed by atoms with Crippen molar-refractivity contribution in [2.24, 2.45) is 11.3 Å². The van der Waals surface area contributed by atoms with Gasteiger partial charge in [0.2, 0.25) is 11.8 Å². The third-order valence-electron chi connectivity index (χ3n) is 6.38. The van der Waals surface area contributed by atoms with Gasteiger partial charge >= 0.3 is 0 Å². The first-order valence-electron chi connectivity index (χ1n) is 9.83. The number of hydrogen-bond donors (Lipinski definition) is 0. The van der Waals surface area contributed by atoms with Crippen molar-refractivity contribution in [3.63, 3.8) is 0 Å². The number of nitrogens with zero attached hydrogens (tertiary/aromatic N) is 2. The lowest BCUT2D eigenvalue weighted by atomic mass is 9.78. The molecule has 1 unspecified atom stereocenters. The molecule has 1 aliphatic carbocycles. The van der Waals surface area contributed by atoms with Gasteiger partial charge in [-0.15, -0.1) is 6.58 Å². The highest BCUT2D eigenvalue weighted by molar-refractivity contribution is 5.86. The maximum Gasteiger partial charge on any atom is 0.230 e. The van der Waals surface area contributed by atoms with Gasteiger partial charge in [0.15, 0.2) is 0 Å². The van der Waals surface area contributed by atoms with Gasteiger partial charge in [-0.1, -0.05) is 38.2 Å². The Balaban J connectivity index is 1.56. The highest BCUT2D eigenvalue weighted by atomic mass is 16.2. The third-order valence-corrected chi connectivity index (χ3v) is 6.38. The largest absolute Gasteiger partial charge is 0.342 e. The predicted molar refractivity (Wildman–Crippen MR) is 95.5 cm³/mol.